The van der Waals surface area contributed by atoms with E-state index in [1.165, 1.54) is 70.1 Å². The number of unbranched alkanes of at least 4 members (excludes halogenated alkanes) is 4. The number of methoxy groups -OCH3 is 2. The number of fused-ring (bicyclic) bond motifs is 1. The van der Waals surface area contributed by atoms with Crippen LogP contribution in [0.4, 0.5) is 5.82 Å². The van der Waals surface area contributed by atoms with Crippen LogP contribution >= 0.6 is 15.9 Å². The smallest absolute Gasteiger partial charge is 0.166 e. The zero-order chi connectivity index (χ0) is 26.9. The van der Waals surface area contributed by atoms with E-state index < -0.39 is 0 Å². The molecule has 1 unspecified atom stereocenters. The lowest BCUT2D eigenvalue weighted by atomic mass is 10.00. The van der Waals surface area contributed by atoms with Crippen LogP contribution in [-0.4, -0.2) is 48.7 Å². The van der Waals surface area contributed by atoms with Crippen molar-refractivity contribution >= 4 is 32.7 Å². The number of rotatable bonds is 13. The third-order valence-corrected chi connectivity index (χ3v) is 8.09. The van der Waals surface area contributed by atoms with Gasteiger partial charge < -0.3 is 19.7 Å². The fraction of sp³-hybridized carbons (Fsp3) is 0.548. The Morgan fingerprint density at radius 1 is 0.974 bits per heavy atom. The lowest BCUT2D eigenvalue weighted by Gasteiger charge is -2.26. The molecule has 0 aliphatic carbocycles. The maximum atomic E-state index is 5.87. The number of ether oxygens (including phenoxy) is 2. The van der Waals surface area contributed by atoms with Crippen molar-refractivity contribution in [3.63, 3.8) is 0 Å². The number of hydrogen-bond donors (Lipinski definition) is 1. The van der Waals surface area contributed by atoms with Gasteiger partial charge in [-0.15, -0.1) is 0 Å². The van der Waals surface area contributed by atoms with Gasteiger partial charge in [-0.1, -0.05) is 53.7 Å². The minimum Gasteiger partial charge on any atom is -0.493 e. The van der Waals surface area contributed by atoms with E-state index in [1.807, 2.05) is 19.1 Å². The van der Waals surface area contributed by atoms with E-state index in [4.69, 9.17) is 19.4 Å². The molecule has 1 atom stereocenters. The zero-order valence-corrected chi connectivity index (χ0v) is 25.1. The Labute approximate surface area is 236 Å². The summed E-state index contributed by atoms with van der Waals surface area (Å²) < 4.78 is 12.7. The van der Waals surface area contributed by atoms with Gasteiger partial charge in [-0.3, -0.25) is 0 Å². The van der Waals surface area contributed by atoms with E-state index in [0.717, 1.165) is 56.9 Å². The lowest BCUT2D eigenvalue weighted by Crippen LogP contribution is -2.30. The van der Waals surface area contributed by atoms with Crippen LogP contribution in [0.1, 0.15) is 81.3 Å². The first-order valence-corrected chi connectivity index (χ1v) is 15.0. The van der Waals surface area contributed by atoms with Crippen LogP contribution in [0.15, 0.2) is 34.8 Å². The van der Waals surface area contributed by atoms with Crippen LogP contribution in [0.2, 0.25) is 0 Å². The molecule has 1 aromatic heterocycles. The number of halogens is 1. The number of piperidine rings is 1. The zero-order valence-electron chi connectivity index (χ0n) is 23.5. The van der Waals surface area contributed by atoms with Gasteiger partial charge in [-0.2, -0.15) is 0 Å². The summed E-state index contributed by atoms with van der Waals surface area (Å²) in [7, 11) is 3.42. The Morgan fingerprint density at radius 2 is 1.74 bits per heavy atom. The van der Waals surface area contributed by atoms with Crippen LogP contribution in [0.5, 0.6) is 11.5 Å². The molecule has 4 rings (SSSR count). The molecule has 7 heteroatoms. The number of benzene rings is 2. The molecule has 6 nitrogen and oxygen atoms in total. The molecule has 2 aromatic carbocycles. The Hall–Kier alpha value is -2.38. The Kier molecular flexibility index (Phi) is 10.6. The van der Waals surface area contributed by atoms with E-state index in [-0.39, 0.29) is 6.04 Å². The van der Waals surface area contributed by atoms with Crippen LogP contribution in [0, 0.1) is 6.92 Å². The average Bonchev–Trinajstić information content (AvgIpc) is 2.92. The maximum absolute atomic E-state index is 5.87. The summed E-state index contributed by atoms with van der Waals surface area (Å²) in [5.41, 5.74) is 3.24. The lowest BCUT2D eigenvalue weighted by molar-refractivity contribution is 0.224. The third-order valence-electron chi connectivity index (χ3n) is 7.59. The Bertz CT molecular complexity index is 1200. The van der Waals surface area contributed by atoms with Crippen molar-refractivity contribution in [1.29, 1.82) is 0 Å². The molecule has 206 valence electrons. The summed E-state index contributed by atoms with van der Waals surface area (Å²) in [6.45, 7) is 7.96. The van der Waals surface area contributed by atoms with E-state index in [9.17, 15) is 0 Å². The molecule has 38 heavy (non-hydrogen) atoms. The Balaban J connectivity index is 1.48. The molecule has 0 saturated carbocycles. The largest absolute Gasteiger partial charge is 0.493 e. The first-order valence-electron chi connectivity index (χ1n) is 14.2. The number of hydrogen-bond acceptors (Lipinski definition) is 6. The molecule has 2 heterocycles. The molecular formula is C31H43BrN4O2. The van der Waals surface area contributed by atoms with Crippen molar-refractivity contribution in [3.8, 4) is 11.5 Å². The molecule has 0 radical (unpaired) electrons. The highest BCUT2D eigenvalue weighted by Gasteiger charge is 2.20. The fourth-order valence-corrected chi connectivity index (χ4v) is 5.95. The van der Waals surface area contributed by atoms with Crippen molar-refractivity contribution in [2.24, 2.45) is 0 Å². The Morgan fingerprint density at radius 3 is 2.47 bits per heavy atom. The monoisotopic (exact) mass is 582 g/mol. The molecule has 1 saturated heterocycles. The quantitative estimate of drug-likeness (QED) is 0.207. The van der Waals surface area contributed by atoms with E-state index in [0.29, 0.717) is 0 Å². The second-order valence-corrected chi connectivity index (χ2v) is 11.4. The third kappa shape index (κ3) is 7.38. The summed E-state index contributed by atoms with van der Waals surface area (Å²) in [6.07, 6.45) is 11.2. The summed E-state index contributed by atoms with van der Waals surface area (Å²) in [5.74, 6) is 3.07. The van der Waals surface area contributed by atoms with Gasteiger partial charge >= 0.3 is 0 Å². The summed E-state index contributed by atoms with van der Waals surface area (Å²) >= 11 is 3.59. The van der Waals surface area contributed by atoms with Crippen molar-refractivity contribution in [1.82, 2.24) is 14.9 Å². The number of nitrogens with one attached hydrogen (secondary N) is 1. The van der Waals surface area contributed by atoms with Crippen molar-refractivity contribution in [2.75, 3.05) is 39.2 Å². The molecule has 1 N–H and O–H groups in total. The summed E-state index contributed by atoms with van der Waals surface area (Å²) in [6, 6.07) is 10.4. The molecule has 1 fully saturated rings. The summed E-state index contributed by atoms with van der Waals surface area (Å²) in [5, 5.41) is 4.59. The van der Waals surface area contributed by atoms with Gasteiger partial charge in [0.2, 0.25) is 0 Å². The second-order valence-electron chi connectivity index (χ2n) is 10.4. The maximum Gasteiger partial charge on any atom is 0.166 e. The van der Waals surface area contributed by atoms with Gasteiger partial charge in [-0.05, 0) is 89.3 Å². The molecule has 3 aromatic rings. The highest BCUT2D eigenvalue weighted by Crippen LogP contribution is 2.40. The highest BCUT2D eigenvalue weighted by molar-refractivity contribution is 9.10. The number of anilines is 1. The van der Waals surface area contributed by atoms with Crippen molar-refractivity contribution in [3.05, 3.63) is 51.8 Å². The predicted molar refractivity (Wildman–Crippen MR) is 161 cm³/mol. The van der Waals surface area contributed by atoms with Gasteiger partial charge in [0, 0.05) is 15.4 Å². The van der Waals surface area contributed by atoms with Crippen molar-refractivity contribution in [2.45, 2.75) is 77.7 Å². The van der Waals surface area contributed by atoms with E-state index in [2.05, 4.69) is 51.3 Å². The number of likely N-dealkylation sites (tertiary alicyclic amines) is 1. The van der Waals surface area contributed by atoms with E-state index >= 15 is 0 Å². The summed E-state index contributed by atoms with van der Waals surface area (Å²) in [4.78, 5) is 12.3. The molecule has 1 aliphatic rings. The highest BCUT2D eigenvalue weighted by atomic mass is 79.9. The predicted octanol–water partition coefficient (Wildman–Crippen LogP) is 7.87. The van der Waals surface area contributed by atoms with Gasteiger partial charge in [0.15, 0.2) is 11.5 Å². The standard InChI is InChI=1S/C31H43BrN4O2/c1-22(24-14-13-15-25(32)20-24)33-31-27-21-28(37-3)30(38-4)26(29(27)34-23(2)35-31)16-9-6-5-7-10-17-36-18-11-8-12-19-36/h13-15,20-22H,5-12,16-19H2,1-4H3,(H,33,34,35). The van der Waals surface area contributed by atoms with Crippen LogP contribution in [-0.2, 0) is 6.42 Å². The first kappa shape index (κ1) is 28.6. The molecular weight excluding hydrogens is 540 g/mol. The number of aromatic nitrogens is 2. The first-order chi connectivity index (χ1) is 18.5. The molecule has 0 spiro atoms. The minimum absolute atomic E-state index is 0.0754. The topological polar surface area (TPSA) is 59.5 Å². The van der Waals surface area contributed by atoms with Crippen LogP contribution < -0.4 is 14.8 Å². The van der Waals surface area contributed by atoms with Crippen LogP contribution in [0.25, 0.3) is 10.9 Å². The second kappa shape index (κ2) is 14.1. The molecule has 0 bridgehead atoms. The van der Waals surface area contributed by atoms with E-state index in [1.54, 1.807) is 14.2 Å². The van der Waals surface area contributed by atoms with Gasteiger partial charge in [0.05, 0.1) is 25.8 Å². The van der Waals surface area contributed by atoms with Gasteiger partial charge in [0.1, 0.15) is 11.6 Å². The normalized spacial score (nSPS) is 15.0. The number of nitrogens with zero attached hydrogens (tertiary/aromatic N) is 3. The average molecular weight is 584 g/mol. The van der Waals surface area contributed by atoms with Crippen molar-refractivity contribution < 1.29 is 9.47 Å². The minimum atomic E-state index is 0.0754. The number of aryl methyl sites for hydroxylation is 2. The van der Waals surface area contributed by atoms with Gasteiger partial charge in [-0.25, -0.2) is 9.97 Å². The van der Waals surface area contributed by atoms with Gasteiger partial charge in [0.25, 0.3) is 0 Å². The SMILES string of the molecule is COc1cc2c(NC(C)c3cccc(Br)c3)nc(C)nc2c(CCCCCCCN2CCCCC2)c1OC. The fourth-order valence-electron chi connectivity index (χ4n) is 5.53. The molecule has 0 amide bonds. The molecule has 1 aliphatic heterocycles. The van der Waals surface area contributed by atoms with Crippen LogP contribution in [0.3, 0.4) is 0 Å².